The molecule has 0 heterocycles. The van der Waals surface area contributed by atoms with Crippen molar-refractivity contribution in [2.45, 2.75) is 64.5 Å². The quantitative estimate of drug-likeness (QED) is 0.918. The average Bonchev–Trinajstić information content (AvgIpc) is 3.34. The van der Waals surface area contributed by atoms with Crippen molar-refractivity contribution in [1.29, 1.82) is 0 Å². The van der Waals surface area contributed by atoms with Gasteiger partial charge in [0.2, 0.25) is 5.91 Å². The third-order valence-electron chi connectivity index (χ3n) is 4.98. The summed E-state index contributed by atoms with van der Waals surface area (Å²) in [6.45, 7) is 3.78. The van der Waals surface area contributed by atoms with E-state index in [-0.39, 0.29) is 11.8 Å². The predicted molar refractivity (Wildman–Crippen MR) is 91.4 cm³/mol. The van der Waals surface area contributed by atoms with E-state index in [9.17, 15) is 9.59 Å². The second kappa shape index (κ2) is 6.73. The van der Waals surface area contributed by atoms with Gasteiger partial charge in [0.15, 0.2) is 0 Å². The molecule has 2 aliphatic carbocycles. The summed E-state index contributed by atoms with van der Waals surface area (Å²) in [5, 5.41) is 2.76. The fourth-order valence-corrected chi connectivity index (χ4v) is 3.59. The van der Waals surface area contributed by atoms with Gasteiger partial charge in [0, 0.05) is 30.3 Å². The summed E-state index contributed by atoms with van der Waals surface area (Å²) >= 11 is 0. The zero-order valence-electron chi connectivity index (χ0n) is 14.0. The molecule has 2 saturated carbocycles. The maximum absolute atomic E-state index is 13.1. The highest BCUT2D eigenvalue weighted by molar-refractivity contribution is 5.97. The highest BCUT2D eigenvalue weighted by atomic mass is 16.2. The van der Waals surface area contributed by atoms with Crippen LogP contribution in [0.2, 0.25) is 0 Å². The molecule has 0 bridgehead atoms. The van der Waals surface area contributed by atoms with Gasteiger partial charge in [0.25, 0.3) is 5.91 Å². The van der Waals surface area contributed by atoms with Crippen molar-refractivity contribution < 1.29 is 9.59 Å². The smallest absolute Gasteiger partial charge is 0.254 e. The van der Waals surface area contributed by atoms with E-state index in [2.05, 4.69) is 17.1 Å². The zero-order chi connectivity index (χ0) is 16.4. The first-order chi connectivity index (χ1) is 11.0. The Labute approximate surface area is 138 Å². The van der Waals surface area contributed by atoms with Crippen LogP contribution in [0.5, 0.6) is 0 Å². The molecule has 23 heavy (non-hydrogen) atoms. The normalized spacial score (nSPS) is 24.1. The monoisotopic (exact) mass is 314 g/mol. The van der Waals surface area contributed by atoms with Crippen LogP contribution in [-0.4, -0.2) is 28.8 Å². The largest absolute Gasteiger partial charge is 0.333 e. The summed E-state index contributed by atoms with van der Waals surface area (Å²) in [6, 6.07) is 8.12. The first kappa shape index (κ1) is 16.0. The Balaban J connectivity index is 1.77. The van der Waals surface area contributed by atoms with E-state index in [0.717, 1.165) is 31.6 Å². The third kappa shape index (κ3) is 3.92. The Morgan fingerprint density at radius 3 is 2.22 bits per heavy atom. The van der Waals surface area contributed by atoms with Crippen LogP contribution in [0.25, 0.3) is 0 Å². The van der Waals surface area contributed by atoms with Gasteiger partial charge < -0.3 is 10.2 Å². The van der Waals surface area contributed by atoms with Crippen molar-refractivity contribution in [2.24, 2.45) is 5.92 Å². The molecule has 0 aliphatic heterocycles. The van der Waals surface area contributed by atoms with E-state index >= 15 is 0 Å². The Kier molecular flexibility index (Phi) is 4.69. The van der Waals surface area contributed by atoms with Crippen molar-refractivity contribution in [3.63, 3.8) is 0 Å². The van der Waals surface area contributed by atoms with Gasteiger partial charge in [-0.05, 0) is 62.6 Å². The lowest BCUT2D eigenvalue weighted by molar-refractivity contribution is -0.114. The summed E-state index contributed by atoms with van der Waals surface area (Å²) in [7, 11) is 0. The number of hydrogen-bond donors (Lipinski definition) is 1. The number of nitrogens with zero attached hydrogens (tertiary/aromatic N) is 1. The summed E-state index contributed by atoms with van der Waals surface area (Å²) in [5.41, 5.74) is 1.37. The van der Waals surface area contributed by atoms with Crippen LogP contribution in [0.3, 0.4) is 0 Å². The number of carbonyl (C=O) groups excluding carboxylic acids is 2. The van der Waals surface area contributed by atoms with Gasteiger partial charge in [-0.25, -0.2) is 0 Å². The van der Waals surface area contributed by atoms with Gasteiger partial charge in [-0.2, -0.15) is 0 Å². The molecular weight excluding hydrogens is 288 g/mol. The number of hydrogen-bond acceptors (Lipinski definition) is 2. The lowest BCUT2D eigenvalue weighted by atomic mass is 9.86. The molecule has 124 valence electrons. The first-order valence-electron chi connectivity index (χ1n) is 8.75. The fraction of sp³-hybridized carbons (Fsp3) is 0.579. The number of rotatable bonds is 4. The van der Waals surface area contributed by atoms with Crippen LogP contribution >= 0.6 is 0 Å². The lowest BCUT2D eigenvalue weighted by Crippen LogP contribution is -2.43. The Hall–Kier alpha value is -1.84. The highest BCUT2D eigenvalue weighted by Gasteiger charge is 2.38. The van der Waals surface area contributed by atoms with Crippen molar-refractivity contribution in [2.75, 3.05) is 5.32 Å². The third-order valence-corrected chi connectivity index (χ3v) is 4.98. The standard InChI is InChI=1S/C19H26N2O2/c1-13-6-8-17(9-7-13)21(18-10-11-18)19(23)15-4-3-5-16(12-15)20-14(2)22/h3-5,12-13,17-18H,6-11H2,1-2H3,(H,20,22). The maximum Gasteiger partial charge on any atom is 0.254 e. The summed E-state index contributed by atoms with van der Waals surface area (Å²) in [5.74, 6) is 0.791. The van der Waals surface area contributed by atoms with Gasteiger partial charge in [0.05, 0.1) is 0 Å². The second-order valence-electron chi connectivity index (χ2n) is 7.12. The van der Waals surface area contributed by atoms with E-state index in [1.807, 2.05) is 18.2 Å². The molecule has 2 amide bonds. The van der Waals surface area contributed by atoms with Crippen LogP contribution in [0, 0.1) is 5.92 Å². The molecule has 0 saturated heterocycles. The van der Waals surface area contributed by atoms with E-state index in [4.69, 9.17) is 0 Å². The summed E-state index contributed by atoms with van der Waals surface area (Å²) in [4.78, 5) is 26.4. The lowest BCUT2D eigenvalue weighted by Gasteiger charge is -2.36. The van der Waals surface area contributed by atoms with Crippen LogP contribution < -0.4 is 5.32 Å². The molecule has 3 rings (SSSR count). The molecule has 1 N–H and O–H groups in total. The number of nitrogens with one attached hydrogen (secondary N) is 1. The first-order valence-corrected chi connectivity index (χ1v) is 8.75. The van der Waals surface area contributed by atoms with Gasteiger partial charge in [-0.3, -0.25) is 9.59 Å². The molecule has 1 aromatic rings. The maximum atomic E-state index is 13.1. The Morgan fingerprint density at radius 1 is 1.04 bits per heavy atom. The number of anilines is 1. The molecule has 0 radical (unpaired) electrons. The van der Waals surface area contributed by atoms with E-state index < -0.39 is 0 Å². The van der Waals surface area contributed by atoms with Crippen LogP contribution in [0.4, 0.5) is 5.69 Å². The van der Waals surface area contributed by atoms with E-state index in [1.54, 1.807) is 6.07 Å². The molecule has 0 unspecified atom stereocenters. The molecule has 1 aromatic carbocycles. The van der Waals surface area contributed by atoms with Crippen LogP contribution in [-0.2, 0) is 4.79 Å². The fourth-order valence-electron chi connectivity index (χ4n) is 3.59. The molecule has 0 aromatic heterocycles. The van der Waals surface area contributed by atoms with Gasteiger partial charge >= 0.3 is 0 Å². The zero-order valence-corrected chi connectivity index (χ0v) is 14.0. The predicted octanol–water partition coefficient (Wildman–Crippen LogP) is 3.83. The van der Waals surface area contributed by atoms with Crippen LogP contribution in [0.1, 0.15) is 62.7 Å². The molecule has 4 heteroatoms. The molecule has 2 fully saturated rings. The molecule has 0 atom stereocenters. The Bertz CT molecular complexity index is 587. The number of benzene rings is 1. The minimum absolute atomic E-state index is 0.116. The van der Waals surface area contributed by atoms with Gasteiger partial charge in [-0.1, -0.05) is 13.0 Å². The summed E-state index contributed by atoms with van der Waals surface area (Å²) < 4.78 is 0. The molecular formula is C19H26N2O2. The van der Waals surface area contributed by atoms with Gasteiger partial charge in [0.1, 0.15) is 0 Å². The topological polar surface area (TPSA) is 49.4 Å². The second-order valence-corrected chi connectivity index (χ2v) is 7.12. The van der Waals surface area contributed by atoms with E-state index in [0.29, 0.717) is 23.3 Å². The van der Waals surface area contributed by atoms with Crippen molar-refractivity contribution in [1.82, 2.24) is 4.90 Å². The van der Waals surface area contributed by atoms with Crippen LogP contribution in [0.15, 0.2) is 24.3 Å². The molecule has 4 nitrogen and oxygen atoms in total. The summed E-state index contributed by atoms with van der Waals surface area (Å²) in [6.07, 6.45) is 6.93. The highest BCUT2D eigenvalue weighted by Crippen LogP contribution is 2.36. The SMILES string of the molecule is CC(=O)Nc1cccc(C(=O)N(C2CCC(C)CC2)C2CC2)c1. The minimum atomic E-state index is -0.116. The molecule has 0 spiro atoms. The Morgan fingerprint density at radius 2 is 1.65 bits per heavy atom. The molecule has 2 aliphatic rings. The van der Waals surface area contributed by atoms with Crippen molar-refractivity contribution in [3.8, 4) is 0 Å². The average molecular weight is 314 g/mol. The number of carbonyl (C=O) groups is 2. The van der Waals surface area contributed by atoms with Crippen molar-refractivity contribution in [3.05, 3.63) is 29.8 Å². The van der Waals surface area contributed by atoms with E-state index in [1.165, 1.54) is 19.8 Å². The van der Waals surface area contributed by atoms with Gasteiger partial charge in [-0.15, -0.1) is 0 Å². The number of amides is 2. The van der Waals surface area contributed by atoms with Crippen molar-refractivity contribution >= 4 is 17.5 Å². The minimum Gasteiger partial charge on any atom is -0.333 e.